The van der Waals surface area contributed by atoms with E-state index in [1.807, 2.05) is 41.8 Å². The maximum absolute atomic E-state index is 12.4. The van der Waals surface area contributed by atoms with Crippen molar-refractivity contribution in [2.24, 2.45) is 0 Å². The zero-order valence-corrected chi connectivity index (χ0v) is 18.1. The number of thioether (sulfide) groups is 1. The van der Waals surface area contributed by atoms with Crippen LogP contribution in [-0.2, 0) is 17.8 Å². The highest BCUT2D eigenvalue weighted by atomic mass is 35.5. The Balaban J connectivity index is 1.54. The number of ether oxygens (including phenoxy) is 1. The monoisotopic (exact) mass is 450 g/mol. The van der Waals surface area contributed by atoms with Gasteiger partial charge >= 0.3 is 0 Å². The quantitative estimate of drug-likeness (QED) is 0.368. The molecular weight excluding hydrogens is 431 g/mol. The second-order valence-corrected chi connectivity index (χ2v) is 7.88. The van der Waals surface area contributed by atoms with Crippen molar-refractivity contribution < 1.29 is 9.53 Å². The number of halogens is 2. The number of benzene rings is 2. The topological polar surface area (TPSA) is 69.0 Å². The summed E-state index contributed by atoms with van der Waals surface area (Å²) in [6.07, 6.45) is 0.113. The molecule has 0 saturated carbocycles. The molecule has 3 rings (SSSR count). The van der Waals surface area contributed by atoms with Crippen molar-refractivity contribution in [3.05, 3.63) is 64.4 Å². The second-order valence-electron chi connectivity index (χ2n) is 6.01. The third kappa shape index (κ3) is 6.13. The van der Waals surface area contributed by atoms with Gasteiger partial charge in [0, 0.05) is 18.0 Å². The third-order valence-corrected chi connectivity index (χ3v) is 5.63. The highest BCUT2D eigenvalue weighted by Crippen LogP contribution is 2.25. The van der Waals surface area contributed by atoms with Gasteiger partial charge in [-0.2, -0.15) is 0 Å². The van der Waals surface area contributed by atoms with Gasteiger partial charge in [-0.3, -0.25) is 4.79 Å². The van der Waals surface area contributed by atoms with Gasteiger partial charge in [-0.25, -0.2) is 0 Å². The van der Waals surface area contributed by atoms with E-state index in [9.17, 15) is 4.79 Å². The molecule has 0 aliphatic rings. The van der Waals surface area contributed by atoms with Crippen LogP contribution in [0.4, 0.5) is 5.69 Å². The smallest absolute Gasteiger partial charge is 0.232 e. The molecule has 1 N–H and O–H groups in total. The number of nitrogens with one attached hydrogen (secondary N) is 1. The molecule has 6 nitrogen and oxygen atoms in total. The molecule has 0 saturated heterocycles. The predicted molar refractivity (Wildman–Crippen MR) is 117 cm³/mol. The number of aromatic nitrogens is 3. The number of carbonyl (C=O) groups excluding carboxylic acids is 1. The lowest BCUT2D eigenvalue weighted by Gasteiger charge is -2.09. The van der Waals surface area contributed by atoms with Gasteiger partial charge in [0.05, 0.1) is 23.1 Å². The van der Waals surface area contributed by atoms with Crippen LogP contribution in [0.5, 0.6) is 5.75 Å². The molecule has 3 aromatic rings. The summed E-state index contributed by atoms with van der Waals surface area (Å²) >= 11 is 13.4. The Labute approximate surface area is 183 Å². The third-order valence-electron chi connectivity index (χ3n) is 3.96. The van der Waals surface area contributed by atoms with Crippen molar-refractivity contribution in [3.8, 4) is 5.75 Å². The standard InChI is InChI=1S/C20H20Cl2N4O2S/c1-2-26-18(13-19(27)23-14-8-9-16(21)17(22)12-14)24-25-20(26)29-11-10-28-15-6-4-3-5-7-15/h3-9,12H,2,10-11,13H2,1H3,(H,23,27). The molecule has 0 spiro atoms. The average molecular weight is 451 g/mol. The van der Waals surface area contributed by atoms with Gasteiger partial charge in [0.2, 0.25) is 5.91 Å². The lowest BCUT2D eigenvalue weighted by atomic mass is 10.3. The summed E-state index contributed by atoms with van der Waals surface area (Å²) < 4.78 is 7.63. The Kier molecular flexibility index (Phi) is 7.80. The van der Waals surface area contributed by atoms with Crippen LogP contribution in [0.3, 0.4) is 0 Å². The molecule has 29 heavy (non-hydrogen) atoms. The molecule has 2 aromatic carbocycles. The Morgan fingerprint density at radius 2 is 1.93 bits per heavy atom. The van der Waals surface area contributed by atoms with Crippen LogP contribution in [0.2, 0.25) is 10.0 Å². The summed E-state index contributed by atoms with van der Waals surface area (Å²) in [7, 11) is 0. The summed E-state index contributed by atoms with van der Waals surface area (Å²) in [4.78, 5) is 12.4. The van der Waals surface area contributed by atoms with Crippen LogP contribution in [0, 0.1) is 0 Å². The van der Waals surface area contributed by atoms with Gasteiger partial charge in [-0.05, 0) is 37.3 Å². The van der Waals surface area contributed by atoms with E-state index in [-0.39, 0.29) is 12.3 Å². The Morgan fingerprint density at radius 3 is 2.66 bits per heavy atom. The van der Waals surface area contributed by atoms with Gasteiger partial charge in [0.15, 0.2) is 5.16 Å². The maximum Gasteiger partial charge on any atom is 0.232 e. The number of carbonyl (C=O) groups is 1. The molecule has 0 aliphatic heterocycles. The molecule has 0 bridgehead atoms. The highest BCUT2D eigenvalue weighted by molar-refractivity contribution is 7.99. The van der Waals surface area contributed by atoms with Crippen molar-refractivity contribution in [3.63, 3.8) is 0 Å². The first-order valence-corrected chi connectivity index (χ1v) is 10.8. The van der Waals surface area contributed by atoms with E-state index in [4.69, 9.17) is 27.9 Å². The molecule has 9 heteroatoms. The summed E-state index contributed by atoms with van der Waals surface area (Å²) in [5.74, 6) is 1.97. The van der Waals surface area contributed by atoms with E-state index in [1.165, 1.54) is 0 Å². The second kappa shape index (κ2) is 10.5. The van der Waals surface area contributed by atoms with Crippen molar-refractivity contribution >= 4 is 46.6 Å². The zero-order valence-electron chi connectivity index (χ0n) is 15.8. The maximum atomic E-state index is 12.4. The number of hydrogen-bond acceptors (Lipinski definition) is 5. The van der Waals surface area contributed by atoms with Gasteiger partial charge in [-0.1, -0.05) is 53.2 Å². The number of para-hydroxylation sites is 1. The van der Waals surface area contributed by atoms with E-state index < -0.39 is 0 Å². The van der Waals surface area contributed by atoms with E-state index in [2.05, 4.69) is 15.5 Å². The van der Waals surface area contributed by atoms with E-state index in [1.54, 1.807) is 30.0 Å². The molecule has 0 atom stereocenters. The van der Waals surface area contributed by atoms with Crippen LogP contribution >= 0.6 is 35.0 Å². The fourth-order valence-corrected chi connectivity index (χ4v) is 3.74. The predicted octanol–water partition coefficient (Wildman–Crippen LogP) is 4.96. The SMILES string of the molecule is CCn1c(CC(=O)Nc2ccc(Cl)c(Cl)c2)nnc1SCCOc1ccccc1. The normalized spacial score (nSPS) is 10.7. The van der Waals surface area contributed by atoms with E-state index >= 15 is 0 Å². The molecule has 0 radical (unpaired) electrons. The van der Waals surface area contributed by atoms with Crippen LogP contribution in [-0.4, -0.2) is 33.0 Å². The largest absolute Gasteiger partial charge is 0.493 e. The molecular formula is C20H20Cl2N4O2S. The van der Waals surface area contributed by atoms with Crippen molar-refractivity contribution in [1.29, 1.82) is 0 Å². The van der Waals surface area contributed by atoms with Crippen LogP contribution in [0.1, 0.15) is 12.7 Å². The van der Waals surface area contributed by atoms with Crippen molar-refractivity contribution in [2.75, 3.05) is 17.7 Å². The molecule has 1 heterocycles. The Bertz CT molecular complexity index is 966. The number of anilines is 1. The van der Waals surface area contributed by atoms with Crippen LogP contribution in [0.25, 0.3) is 0 Å². The van der Waals surface area contributed by atoms with Gasteiger partial charge in [0.1, 0.15) is 11.6 Å². The molecule has 0 aliphatic carbocycles. The fourth-order valence-electron chi connectivity index (χ4n) is 2.61. The van der Waals surface area contributed by atoms with Crippen LogP contribution < -0.4 is 10.1 Å². The molecule has 1 aromatic heterocycles. The van der Waals surface area contributed by atoms with Gasteiger partial charge in [0.25, 0.3) is 0 Å². The molecule has 152 valence electrons. The Hall–Kier alpha value is -2.22. The lowest BCUT2D eigenvalue weighted by Crippen LogP contribution is -2.17. The Morgan fingerprint density at radius 1 is 1.14 bits per heavy atom. The highest BCUT2D eigenvalue weighted by Gasteiger charge is 2.15. The van der Waals surface area contributed by atoms with Crippen molar-refractivity contribution in [2.45, 2.75) is 25.0 Å². The first kappa shape index (κ1) is 21.5. The van der Waals surface area contributed by atoms with Crippen molar-refractivity contribution in [1.82, 2.24) is 14.8 Å². The lowest BCUT2D eigenvalue weighted by molar-refractivity contribution is -0.115. The summed E-state index contributed by atoms with van der Waals surface area (Å²) in [6.45, 7) is 3.22. The molecule has 0 unspecified atom stereocenters. The zero-order chi connectivity index (χ0) is 20.6. The molecule has 1 amide bonds. The average Bonchev–Trinajstić information content (AvgIpc) is 3.10. The number of rotatable bonds is 9. The number of hydrogen-bond donors (Lipinski definition) is 1. The van der Waals surface area contributed by atoms with Gasteiger partial charge in [-0.15, -0.1) is 10.2 Å². The fraction of sp³-hybridized carbons (Fsp3) is 0.250. The van der Waals surface area contributed by atoms with Gasteiger partial charge < -0.3 is 14.6 Å². The van der Waals surface area contributed by atoms with E-state index in [0.29, 0.717) is 34.7 Å². The number of nitrogens with zero attached hydrogens (tertiary/aromatic N) is 3. The number of amides is 1. The van der Waals surface area contributed by atoms with Crippen LogP contribution in [0.15, 0.2) is 53.7 Å². The molecule has 0 fully saturated rings. The summed E-state index contributed by atoms with van der Waals surface area (Å²) in [6, 6.07) is 14.6. The first-order valence-electron chi connectivity index (χ1n) is 9.04. The summed E-state index contributed by atoms with van der Waals surface area (Å²) in [5.41, 5.74) is 0.583. The van der Waals surface area contributed by atoms with E-state index in [0.717, 1.165) is 16.7 Å². The first-order chi connectivity index (χ1) is 14.1. The minimum absolute atomic E-state index is 0.113. The minimum Gasteiger partial charge on any atom is -0.493 e. The summed E-state index contributed by atoms with van der Waals surface area (Å²) in [5, 5.41) is 12.8. The minimum atomic E-state index is -0.200.